The molecule has 2 N–H and O–H groups in total. The summed E-state index contributed by atoms with van der Waals surface area (Å²) < 4.78 is 5.52. The zero-order chi connectivity index (χ0) is 19.3. The Balaban J connectivity index is 1.99. The lowest BCUT2D eigenvalue weighted by molar-refractivity contribution is -0.384. The zero-order valence-electron chi connectivity index (χ0n) is 14.0. The summed E-state index contributed by atoms with van der Waals surface area (Å²) in [5.41, 5.74) is 0.613. The summed E-state index contributed by atoms with van der Waals surface area (Å²) in [6, 6.07) is 10.5. The number of anilines is 1. The minimum Gasteiger partial charge on any atom is -0.491 e. The van der Waals surface area contributed by atoms with Gasteiger partial charge in [-0.2, -0.15) is 0 Å². The molecular weight excluding hydrogens is 378 g/mol. The van der Waals surface area contributed by atoms with Gasteiger partial charge in [0.15, 0.2) is 5.11 Å². The van der Waals surface area contributed by atoms with Gasteiger partial charge >= 0.3 is 0 Å². The van der Waals surface area contributed by atoms with E-state index in [2.05, 4.69) is 10.6 Å². The van der Waals surface area contributed by atoms with Gasteiger partial charge in [-0.3, -0.25) is 20.2 Å². The maximum absolute atomic E-state index is 12.2. The SMILES string of the molecule is CC(C)Oc1ccc(C(=O)NC(=S)Nc2ccc([N+](=O)[O-])cc2Cl)cc1. The fourth-order valence-corrected chi connectivity index (χ4v) is 2.43. The van der Waals surface area contributed by atoms with E-state index in [1.165, 1.54) is 18.2 Å². The van der Waals surface area contributed by atoms with Gasteiger partial charge in [0.2, 0.25) is 0 Å². The quantitative estimate of drug-likeness (QED) is 0.450. The third kappa shape index (κ3) is 5.40. The summed E-state index contributed by atoms with van der Waals surface area (Å²) in [5, 5.41) is 16.1. The average Bonchev–Trinajstić information content (AvgIpc) is 2.56. The molecule has 0 spiro atoms. The summed E-state index contributed by atoms with van der Waals surface area (Å²) in [7, 11) is 0. The van der Waals surface area contributed by atoms with Crippen LogP contribution in [0.25, 0.3) is 0 Å². The van der Waals surface area contributed by atoms with E-state index in [9.17, 15) is 14.9 Å². The van der Waals surface area contributed by atoms with Crippen LogP contribution in [-0.2, 0) is 0 Å². The Hall–Kier alpha value is -2.71. The second-order valence-corrected chi connectivity index (χ2v) is 6.34. The molecule has 7 nitrogen and oxygen atoms in total. The van der Waals surface area contributed by atoms with E-state index in [-0.39, 0.29) is 21.9 Å². The first-order valence-electron chi connectivity index (χ1n) is 7.59. The van der Waals surface area contributed by atoms with Gasteiger partial charge in [0.05, 0.1) is 21.7 Å². The molecule has 0 fully saturated rings. The van der Waals surface area contributed by atoms with E-state index < -0.39 is 10.8 Å². The molecule has 2 rings (SSSR count). The summed E-state index contributed by atoms with van der Waals surface area (Å²) in [5.74, 6) is 0.256. The Kier molecular flexibility index (Phi) is 6.48. The van der Waals surface area contributed by atoms with Crippen molar-refractivity contribution in [1.29, 1.82) is 0 Å². The van der Waals surface area contributed by atoms with Crippen molar-refractivity contribution >= 4 is 46.2 Å². The number of thiocarbonyl (C=S) groups is 1. The van der Waals surface area contributed by atoms with Crippen LogP contribution in [0.4, 0.5) is 11.4 Å². The molecule has 0 aliphatic rings. The Morgan fingerprint density at radius 3 is 2.42 bits per heavy atom. The number of carbonyl (C=O) groups is 1. The molecule has 0 radical (unpaired) electrons. The molecule has 2 aromatic carbocycles. The molecule has 0 bridgehead atoms. The van der Waals surface area contributed by atoms with E-state index in [1.54, 1.807) is 24.3 Å². The molecule has 0 atom stereocenters. The van der Waals surface area contributed by atoms with E-state index in [0.29, 0.717) is 17.0 Å². The normalized spacial score (nSPS) is 10.3. The zero-order valence-corrected chi connectivity index (χ0v) is 15.6. The Labute approximate surface area is 160 Å². The molecule has 136 valence electrons. The molecule has 0 heterocycles. The lowest BCUT2D eigenvalue weighted by Crippen LogP contribution is -2.34. The number of nitrogens with one attached hydrogen (secondary N) is 2. The van der Waals surface area contributed by atoms with Crippen molar-refractivity contribution in [3.63, 3.8) is 0 Å². The maximum Gasteiger partial charge on any atom is 0.271 e. The number of nitro benzene ring substituents is 1. The van der Waals surface area contributed by atoms with Gasteiger partial charge in [0, 0.05) is 17.7 Å². The highest BCUT2D eigenvalue weighted by Gasteiger charge is 2.12. The number of hydrogen-bond donors (Lipinski definition) is 2. The van der Waals surface area contributed by atoms with Gasteiger partial charge in [-0.1, -0.05) is 11.6 Å². The summed E-state index contributed by atoms with van der Waals surface area (Å²) in [4.78, 5) is 22.4. The van der Waals surface area contributed by atoms with E-state index in [1.807, 2.05) is 13.8 Å². The molecule has 9 heteroatoms. The molecular formula is C17H16ClN3O4S. The fourth-order valence-electron chi connectivity index (χ4n) is 2.00. The standard InChI is InChI=1S/C17H16ClN3O4S/c1-10(2)25-13-6-3-11(4-7-13)16(22)20-17(26)19-15-8-5-12(21(23)24)9-14(15)18/h3-10H,1-2H3,(H2,19,20,22,26). The number of rotatable bonds is 5. The number of nitrogens with zero attached hydrogens (tertiary/aromatic N) is 1. The van der Waals surface area contributed by atoms with Crippen molar-refractivity contribution in [2.24, 2.45) is 0 Å². The Bertz CT molecular complexity index is 840. The van der Waals surface area contributed by atoms with Crippen LogP contribution < -0.4 is 15.4 Å². The van der Waals surface area contributed by atoms with Crippen molar-refractivity contribution in [2.75, 3.05) is 5.32 Å². The predicted molar refractivity (Wildman–Crippen MR) is 104 cm³/mol. The smallest absolute Gasteiger partial charge is 0.271 e. The van der Waals surface area contributed by atoms with E-state index in [4.69, 9.17) is 28.6 Å². The first kappa shape index (κ1) is 19.6. The minimum atomic E-state index is -0.553. The fraction of sp³-hybridized carbons (Fsp3) is 0.176. The number of ether oxygens (including phenoxy) is 1. The van der Waals surface area contributed by atoms with Gasteiger partial charge in [-0.25, -0.2) is 0 Å². The van der Waals surface area contributed by atoms with Crippen LogP contribution >= 0.6 is 23.8 Å². The highest BCUT2D eigenvalue weighted by Crippen LogP contribution is 2.26. The third-order valence-electron chi connectivity index (χ3n) is 3.13. The van der Waals surface area contributed by atoms with Crippen molar-refractivity contribution in [3.8, 4) is 5.75 Å². The average molecular weight is 394 g/mol. The lowest BCUT2D eigenvalue weighted by atomic mass is 10.2. The van der Waals surface area contributed by atoms with E-state index in [0.717, 1.165) is 0 Å². The number of carbonyl (C=O) groups excluding carboxylic acids is 1. The maximum atomic E-state index is 12.2. The largest absolute Gasteiger partial charge is 0.491 e. The van der Waals surface area contributed by atoms with Gasteiger partial charge in [-0.05, 0) is 56.4 Å². The third-order valence-corrected chi connectivity index (χ3v) is 3.64. The summed E-state index contributed by atoms with van der Waals surface area (Å²) in [6.45, 7) is 3.82. The van der Waals surface area contributed by atoms with Crippen LogP contribution in [0.5, 0.6) is 5.75 Å². The van der Waals surface area contributed by atoms with E-state index >= 15 is 0 Å². The van der Waals surface area contributed by atoms with Crippen LogP contribution in [0.1, 0.15) is 24.2 Å². The number of benzene rings is 2. The molecule has 0 aliphatic carbocycles. The molecule has 26 heavy (non-hydrogen) atoms. The Morgan fingerprint density at radius 1 is 1.23 bits per heavy atom. The van der Waals surface area contributed by atoms with Crippen molar-refractivity contribution in [1.82, 2.24) is 5.32 Å². The molecule has 0 aromatic heterocycles. The molecule has 1 amide bonds. The minimum absolute atomic E-state index is 0.0215. The van der Waals surface area contributed by atoms with Gasteiger partial charge in [0.1, 0.15) is 5.75 Å². The second-order valence-electron chi connectivity index (χ2n) is 5.52. The topological polar surface area (TPSA) is 93.5 Å². The van der Waals surface area contributed by atoms with Gasteiger partial charge in [0.25, 0.3) is 11.6 Å². The van der Waals surface area contributed by atoms with Crippen molar-refractivity contribution in [3.05, 3.63) is 63.2 Å². The number of non-ortho nitro benzene ring substituents is 1. The lowest BCUT2D eigenvalue weighted by Gasteiger charge is -2.12. The molecule has 0 unspecified atom stereocenters. The first-order chi connectivity index (χ1) is 12.3. The van der Waals surface area contributed by atoms with Gasteiger partial charge in [-0.15, -0.1) is 0 Å². The summed E-state index contributed by atoms with van der Waals surface area (Å²) >= 11 is 11.1. The van der Waals surface area contributed by atoms with Crippen LogP contribution in [0.2, 0.25) is 5.02 Å². The Morgan fingerprint density at radius 2 is 1.88 bits per heavy atom. The summed E-state index contributed by atoms with van der Waals surface area (Å²) in [6.07, 6.45) is 0.0397. The number of nitro groups is 1. The predicted octanol–water partition coefficient (Wildman–Crippen LogP) is 4.16. The molecule has 0 aliphatic heterocycles. The van der Waals surface area contributed by atoms with Crippen LogP contribution in [0, 0.1) is 10.1 Å². The van der Waals surface area contributed by atoms with Crippen molar-refractivity contribution < 1.29 is 14.5 Å². The van der Waals surface area contributed by atoms with Crippen LogP contribution in [0.15, 0.2) is 42.5 Å². The first-order valence-corrected chi connectivity index (χ1v) is 8.38. The number of amides is 1. The molecule has 0 saturated carbocycles. The highest BCUT2D eigenvalue weighted by atomic mass is 35.5. The molecule has 2 aromatic rings. The van der Waals surface area contributed by atoms with Crippen LogP contribution in [-0.4, -0.2) is 22.0 Å². The van der Waals surface area contributed by atoms with Crippen LogP contribution in [0.3, 0.4) is 0 Å². The second kappa shape index (κ2) is 8.59. The number of hydrogen-bond acceptors (Lipinski definition) is 5. The highest BCUT2D eigenvalue weighted by molar-refractivity contribution is 7.80. The number of halogens is 1. The molecule has 0 saturated heterocycles. The van der Waals surface area contributed by atoms with Crippen molar-refractivity contribution in [2.45, 2.75) is 20.0 Å². The van der Waals surface area contributed by atoms with Gasteiger partial charge < -0.3 is 10.1 Å². The monoisotopic (exact) mass is 393 g/mol.